The molecule has 2 aromatic carbocycles. The summed E-state index contributed by atoms with van der Waals surface area (Å²) >= 11 is 0. The number of alkyl carbamates (subject to hydrolysis) is 1. The van der Waals surface area contributed by atoms with Gasteiger partial charge in [0.25, 0.3) is 0 Å². The number of benzene rings is 2. The van der Waals surface area contributed by atoms with Gasteiger partial charge in [-0.25, -0.2) is 4.79 Å². The summed E-state index contributed by atoms with van der Waals surface area (Å²) in [5, 5.41) is 14.1. The highest BCUT2D eigenvalue weighted by Gasteiger charge is 2.47. The van der Waals surface area contributed by atoms with Gasteiger partial charge < -0.3 is 24.6 Å². The van der Waals surface area contributed by atoms with E-state index < -0.39 is 23.9 Å². The molecule has 1 fully saturated rings. The van der Waals surface area contributed by atoms with E-state index in [1.807, 2.05) is 87.3 Å². The van der Waals surface area contributed by atoms with E-state index in [-0.39, 0.29) is 12.1 Å². The molecule has 0 heterocycles. The summed E-state index contributed by atoms with van der Waals surface area (Å²) in [6, 6.07) is 16.5. The molecule has 1 aliphatic carbocycles. The van der Waals surface area contributed by atoms with Gasteiger partial charge in [-0.05, 0) is 57.6 Å². The Balaban J connectivity index is 1.76. The van der Waals surface area contributed by atoms with E-state index >= 15 is 0 Å². The number of aliphatic hydroxyl groups is 1. The van der Waals surface area contributed by atoms with Crippen molar-refractivity contribution in [1.82, 2.24) is 10.2 Å². The maximum Gasteiger partial charge on any atom is 0.407 e. The minimum Gasteiger partial charge on any atom is -0.497 e. The van der Waals surface area contributed by atoms with Crippen LogP contribution in [0.15, 0.2) is 54.6 Å². The van der Waals surface area contributed by atoms with Crippen LogP contribution in [0, 0.1) is 0 Å². The minimum atomic E-state index is -0.793. The molecular formula is C25H34N2O5. The third-order valence-corrected chi connectivity index (χ3v) is 5.46. The predicted molar refractivity (Wildman–Crippen MR) is 123 cm³/mol. The molecule has 1 amide bonds. The molecule has 0 radical (unpaired) electrons. The van der Waals surface area contributed by atoms with Gasteiger partial charge in [0.2, 0.25) is 0 Å². The van der Waals surface area contributed by atoms with Crippen LogP contribution >= 0.6 is 0 Å². The molecule has 0 aliphatic heterocycles. The largest absolute Gasteiger partial charge is 0.497 e. The molecule has 2 aromatic rings. The Hall–Kier alpha value is -2.77. The zero-order valence-electron chi connectivity index (χ0n) is 19.4. The second-order valence-corrected chi connectivity index (χ2v) is 9.20. The van der Waals surface area contributed by atoms with Crippen molar-refractivity contribution < 1.29 is 24.1 Å². The summed E-state index contributed by atoms with van der Waals surface area (Å²) in [6.45, 7) is 6.07. The highest BCUT2D eigenvalue weighted by Crippen LogP contribution is 2.30. The van der Waals surface area contributed by atoms with E-state index in [4.69, 9.17) is 14.2 Å². The second kappa shape index (κ2) is 10.2. The van der Waals surface area contributed by atoms with E-state index in [2.05, 4.69) is 5.32 Å². The first-order valence-corrected chi connectivity index (χ1v) is 10.9. The molecule has 3 rings (SSSR count). The van der Waals surface area contributed by atoms with Crippen molar-refractivity contribution in [2.24, 2.45) is 0 Å². The Kier molecular flexibility index (Phi) is 7.64. The molecule has 4 atom stereocenters. The molecule has 0 bridgehead atoms. The van der Waals surface area contributed by atoms with Crippen LogP contribution in [0.4, 0.5) is 4.79 Å². The number of ether oxygens (including phenoxy) is 3. The standard InChI is InChI=1S/C25H34N2O5/c1-25(2,3)32-24(29)26-20-15-21(31-19-9-7-6-8-10-19)23(28)22(20)27(4)16-17-11-13-18(30-5)14-12-17/h6-14,20-23,28H,15-16H2,1-5H3,(H,26,29)/t20-,21-,22+,23+/m1/s1. The van der Waals surface area contributed by atoms with Crippen LogP contribution in [-0.2, 0) is 11.3 Å². The van der Waals surface area contributed by atoms with E-state index in [0.717, 1.165) is 11.3 Å². The number of carbonyl (C=O) groups is 1. The van der Waals surface area contributed by atoms with Crippen LogP contribution in [0.3, 0.4) is 0 Å². The Morgan fingerprint density at radius 3 is 2.34 bits per heavy atom. The Labute approximate surface area is 190 Å². The molecule has 2 N–H and O–H groups in total. The van der Waals surface area contributed by atoms with Gasteiger partial charge in [-0.3, -0.25) is 4.90 Å². The lowest BCUT2D eigenvalue weighted by molar-refractivity contribution is 0.0108. The molecule has 174 valence electrons. The number of aliphatic hydroxyl groups excluding tert-OH is 1. The fourth-order valence-electron chi connectivity index (χ4n) is 4.07. The van der Waals surface area contributed by atoms with Gasteiger partial charge in [0.05, 0.1) is 19.2 Å². The van der Waals surface area contributed by atoms with Crippen LogP contribution in [0.2, 0.25) is 0 Å². The third-order valence-electron chi connectivity index (χ3n) is 5.46. The van der Waals surface area contributed by atoms with Crippen molar-refractivity contribution in [3.05, 3.63) is 60.2 Å². The van der Waals surface area contributed by atoms with Gasteiger partial charge >= 0.3 is 6.09 Å². The first kappa shape index (κ1) is 23.9. The van der Waals surface area contributed by atoms with Crippen LogP contribution < -0.4 is 14.8 Å². The average molecular weight is 443 g/mol. The number of methoxy groups -OCH3 is 1. The van der Waals surface area contributed by atoms with Crippen molar-refractivity contribution in [2.45, 2.75) is 63.6 Å². The predicted octanol–water partition coefficient (Wildman–Crippen LogP) is 3.60. The Morgan fingerprint density at radius 2 is 1.75 bits per heavy atom. The second-order valence-electron chi connectivity index (χ2n) is 9.20. The number of nitrogens with one attached hydrogen (secondary N) is 1. The summed E-state index contributed by atoms with van der Waals surface area (Å²) < 4.78 is 16.8. The molecule has 7 nitrogen and oxygen atoms in total. The van der Waals surface area contributed by atoms with Crippen molar-refractivity contribution >= 4 is 6.09 Å². The number of hydrogen-bond acceptors (Lipinski definition) is 6. The maximum absolute atomic E-state index is 12.5. The van der Waals surface area contributed by atoms with Crippen molar-refractivity contribution in [2.75, 3.05) is 14.2 Å². The van der Waals surface area contributed by atoms with E-state index in [1.165, 1.54) is 0 Å². The molecule has 1 saturated carbocycles. The van der Waals surface area contributed by atoms with Gasteiger partial charge in [-0.1, -0.05) is 30.3 Å². The van der Waals surface area contributed by atoms with Crippen molar-refractivity contribution in [3.63, 3.8) is 0 Å². The molecule has 1 aliphatic rings. The third kappa shape index (κ3) is 6.37. The molecule has 0 spiro atoms. The Bertz CT molecular complexity index is 866. The van der Waals surface area contributed by atoms with E-state index in [9.17, 15) is 9.90 Å². The summed E-state index contributed by atoms with van der Waals surface area (Å²) in [6.07, 6.45) is -1.29. The number of likely N-dealkylation sites (N-methyl/N-ethyl adjacent to an activating group) is 1. The monoisotopic (exact) mass is 442 g/mol. The average Bonchev–Trinajstić information content (AvgIpc) is 3.02. The number of rotatable bonds is 7. The van der Waals surface area contributed by atoms with E-state index in [0.29, 0.717) is 18.7 Å². The van der Waals surface area contributed by atoms with Gasteiger partial charge in [-0.15, -0.1) is 0 Å². The lowest BCUT2D eigenvalue weighted by Gasteiger charge is -2.32. The van der Waals surface area contributed by atoms with E-state index in [1.54, 1.807) is 7.11 Å². The normalized spacial score (nSPS) is 23.1. The fraction of sp³-hybridized carbons (Fsp3) is 0.480. The molecule has 32 heavy (non-hydrogen) atoms. The lowest BCUT2D eigenvalue weighted by Crippen LogP contribution is -2.52. The van der Waals surface area contributed by atoms with Gasteiger partial charge in [0.1, 0.15) is 29.3 Å². The van der Waals surface area contributed by atoms with Crippen LogP contribution in [0.25, 0.3) is 0 Å². The molecule has 0 saturated heterocycles. The number of hydrogen-bond donors (Lipinski definition) is 2. The highest BCUT2D eigenvalue weighted by molar-refractivity contribution is 5.68. The number of amides is 1. The first-order valence-electron chi connectivity index (χ1n) is 10.9. The van der Waals surface area contributed by atoms with Crippen LogP contribution in [0.1, 0.15) is 32.8 Å². The summed E-state index contributed by atoms with van der Waals surface area (Å²) in [7, 11) is 3.57. The number of para-hydroxylation sites is 1. The molecular weight excluding hydrogens is 408 g/mol. The number of nitrogens with zero attached hydrogens (tertiary/aromatic N) is 1. The Morgan fingerprint density at radius 1 is 1.09 bits per heavy atom. The smallest absolute Gasteiger partial charge is 0.407 e. The quantitative estimate of drug-likeness (QED) is 0.682. The van der Waals surface area contributed by atoms with Crippen LogP contribution in [0.5, 0.6) is 11.5 Å². The zero-order valence-corrected chi connectivity index (χ0v) is 19.4. The minimum absolute atomic E-state index is 0.336. The molecule has 0 aromatic heterocycles. The van der Waals surface area contributed by atoms with Gasteiger partial charge in [0, 0.05) is 13.0 Å². The van der Waals surface area contributed by atoms with Crippen molar-refractivity contribution in [3.8, 4) is 11.5 Å². The lowest BCUT2D eigenvalue weighted by atomic mass is 10.1. The first-order chi connectivity index (χ1) is 15.2. The molecule has 7 heteroatoms. The summed E-state index contributed by atoms with van der Waals surface area (Å²) in [5.74, 6) is 1.48. The highest BCUT2D eigenvalue weighted by atomic mass is 16.6. The van der Waals surface area contributed by atoms with Gasteiger partial charge in [-0.2, -0.15) is 0 Å². The summed E-state index contributed by atoms with van der Waals surface area (Å²) in [5.41, 5.74) is 0.468. The number of carbonyl (C=O) groups excluding carboxylic acids is 1. The zero-order chi connectivity index (χ0) is 23.3. The van der Waals surface area contributed by atoms with Gasteiger partial charge in [0.15, 0.2) is 0 Å². The van der Waals surface area contributed by atoms with Crippen molar-refractivity contribution in [1.29, 1.82) is 0 Å². The maximum atomic E-state index is 12.5. The SMILES string of the molecule is COc1ccc(CN(C)[C@@H]2[C@@H](O)[C@H](Oc3ccccc3)C[C@H]2NC(=O)OC(C)(C)C)cc1. The van der Waals surface area contributed by atoms with Crippen LogP contribution in [-0.4, -0.2) is 60.1 Å². The summed E-state index contributed by atoms with van der Waals surface area (Å²) in [4.78, 5) is 14.5. The molecule has 0 unspecified atom stereocenters. The fourth-order valence-corrected chi connectivity index (χ4v) is 4.07. The topological polar surface area (TPSA) is 80.3 Å².